The number of ether oxygens (including phenoxy) is 2. The molecule has 1 aromatic heterocycles. The molecule has 0 atom stereocenters. The second-order valence-electron chi connectivity index (χ2n) is 6.40. The second-order valence-corrected chi connectivity index (χ2v) is 6.40. The van der Waals surface area contributed by atoms with Crippen molar-refractivity contribution in [1.82, 2.24) is 10.5 Å². The van der Waals surface area contributed by atoms with Crippen molar-refractivity contribution in [3.8, 4) is 5.88 Å². The molecule has 0 radical (unpaired) electrons. The Balaban J connectivity index is 1.72. The van der Waals surface area contributed by atoms with Gasteiger partial charge in [-0.15, -0.1) is 0 Å². The summed E-state index contributed by atoms with van der Waals surface area (Å²) >= 11 is 0. The predicted molar refractivity (Wildman–Crippen MR) is 94.1 cm³/mol. The van der Waals surface area contributed by atoms with Crippen molar-refractivity contribution in [2.45, 2.75) is 33.0 Å². The number of hydroxylamine groups is 1. The molecular weight excluding hydrogens is 320 g/mol. The maximum absolute atomic E-state index is 12.0. The number of carbonyl (C=O) groups excluding carboxylic acids is 1. The lowest BCUT2D eigenvalue weighted by Crippen LogP contribution is -2.24. The van der Waals surface area contributed by atoms with Crippen molar-refractivity contribution in [1.29, 1.82) is 0 Å². The lowest BCUT2D eigenvalue weighted by molar-refractivity contribution is -0.0168. The molecule has 2 aromatic rings. The molecule has 1 N–H and O–H groups in total. The van der Waals surface area contributed by atoms with E-state index in [1.165, 1.54) is 6.20 Å². The van der Waals surface area contributed by atoms with E-state index in [0.717, 1.165) is 5.56 Å². The molecule has 0 spiro atoms. The fourth-order valence-corrected chi connectivity index (χ4v) is 1.91. The van der Waals surface area contributed by atoms with Crippen LogP contribution in [-0.4, -0.2) is 29.7 Å². The largest absolute Gasteiger partial charge is 0.475 e. The minimum atomic E-state index is -0.356. The minimum absolute atomic E-state index is 0.196. The van der Waals surface area contributed by atoms with Crippen LogP contribution in [-0.2, 0) is 16.2 Å². The van der Waals surface area contributed by atoms with Gasteiger partial charge in [0, 0.05) is 12.3 Å². The normalized spacial score (nSPS) is 11.2. The molecule has 1 amide bonds. The number of nitrogens with zero attached hydrogens (tertiary/aromatic N) is 1. The van der Waals surface area contributed by atoms with Gasteiger partial charge in [0.2, 0.25) is 5.88 Å². The maximum Gasteiger partial charge on any atom is 0.276 e. The average molecular weight is 344 g/mol. The Morgan fingerprint density at radius 3 is 2.48 bits per heavy atom. The molecular formula is C19H24N2O4. The molecule has 6 nitrogen and oxygen atoms in total. The first-order chi connectivity index (χ1) is 11.9. The zero-order valence-electron chi connectivity index (χ0n) is 14.8. The SMILES string of the molecule is CC(C)(C)OCCOc1ccc(C(=O)NOCc2ccccc2)cn1. The highest BCUT2D eigenvalue weighted by atomic mass is 16.6. The van der Waals surface area contributed by atoms with Crippen LogP contribution in [0.3, 0.4) is 0 Å². The van der Waals surface area contributed by atoms with Gasteiger partial charge in [0.15, 0.2) is 0 Å². The van der Waals surface area contributed by atoms with Crippen LogP contribution in [0.15, 0.2) is 48.7 Å². The van der Waals surface area contributed by atoms with Gasteiger partial charge in [-0.1, -0.05) is 30.3 Å². The summed E-state index contributed by atoms with van der Waals surface area (Å²) in [6.07, 6.45) is 1.45. The van der Waals surface area contributed by atoms with Crippen LogP contribution in [0.25, 0.3) is 0 Å². The molecule has 2 rings (SSSR count). The van der Waals surface area contributed by atoms with E-state index >= 15 is 0 Å². The summed E-state index contributed by atoms with van der Waals surface area (Å²) < 4.78 is 11.0. The smallest absolute Gasteiger partial charge is 0.276 e. The lowest BCUT2D eigenvalue weighted by Gasteiger charge is -2.19. The van der Waals surface area contributed by atoms with Crippen molar-refractivity contribution >= 4 is 5.91 Å². The number of hydrogen-bond donors (Lipinski definition) is 1. The number of hydrogen-bond acceptors (Lipinski definition) is 5. The van der Waals surface area contributed by atoms with Crippen molar-refractivity contribution in [3.63, 3.8) is 0 Å². The number of pyridine rings is 1. The van der Waals surface area contributed by atoms with Gasteiger partial charge in [0.05, 0.1) is 24.4 Å². The summed E-state index contributed by atoms with van der Waals surface area (Å²) in [5.74, 6) is 0.0883. The van der Waals surface area contributed by atoms with Gasteiger partial charge in [0.1, 0.15) is 6.61 Å². The van der Waals surface area contributed by atoms with Gasteiger partial charge >= 0.3 is 0 Å². The van der Waals surface area contributed by atoms with Crippen LogP contribution in [0.5, 0.6) is 5.88 Å². The molecule has 0 aliphatic carbocycles. The van der Waals surface area contributed by atoms with Crippen molar-refractivity contribution in [3.05, 3.63) is 59.8 Å². The number of benzene rings is 1. The first-order valence-corrected chi connectivity index (χ1v) is 8.13. The molecule has 0 aliphatic rings. The molecule has 0 saturated carbocycles. The first-order valence-electron chi connectivity index (χ1n) is 8.13. The third-order valence-electron chi connectivity index (χ3n) is 3.11. The van der Waals surface area contributed by atoms with Crippen LogP contribution in [0, 0.1) is 0 Å². The van der Waals surface area contributed by atoms with E-state index in [2.05, 4.69) is 10.5 Å². The zero-order valence-corrected chi connectivity index (χ0v) is 14.8. The van der Waals surface area contributed by atoms with E-state index < -0.39 is 0 Å². The molecule has 0 bridgehead atoms. The Kier molecular flexibility index (Phi) is 6.91. The summed E-state index contributed by atoms with van der Waals surface area (Å²) in [7, 11) is 0. The quantitative estimate of drug-likeness (QED) is 0.588. The zero-order chi connectivity index (χ0) is 18.1. The van der Waals surface area contributed by atoms with E-state index in [9.17, 15) is 4.79 Å². The van der Waals surface area contributed by atoms with Crippen LogP contribution in [0.1, 0.15) is 36.7 Å². The van der Waals surface area contributed by atoms with Crippen molar-refractivity contribution in [2.24, 2.45) is 0 Å². The highest BCUT2D eigenvalue weighted by molar-refractivity contribution is 5.93. The van der Waals surface area contributed by atoms with Crippen molar-refractivity contribution < 1.29 is 19.1 Å². The highest BCUT2D eigenvalue weighted by Crippen LogP contribution is 2.09. The van der Waals surface area contributed by atoms with Crippen LogP contribution < -0.4 is 10.2 Å². The number of rotatable bonds is 8. The Hall–Kier alpha value is -2.44. The standard InChI is InChI=1S/C19H24N2O4/c1-19(2,3)24-12-11-23-17-10-9-16(13-20-17)18(22)21-25-14-15-7-5-4-6-8-15/h4-10,13H,11-12,14H2,1-3H3,(H,21,22). The summed E-state index contributed by atoms with van der Waals surface area (Å²) in [5.41, 5.74) is 3.57. The molecule has 0 saturated heterocycles. The van der Waals surface area contributed by atoms with Gasteiger partial charge in [-0.05, 0) is 32.4 Å². The molecule has 1 aromatic carbocycles. The number of amides is 1. The number of aromatic nitrogens is 1. The monoisotopic (exact) mass is 344 g/mol. The fourth-order valence-electron chi connectivity index (χ4n) is 1.91. The first kappa shape index (κ1) is 18.9. The maximum atomic E-state index is 12.0. The van der Waals surface area contributed by atoms with Gasteiger partial charge in [-0.2, -0.15) is 0 Å². The molecule has 0 unspecified atom stereocenters. The Morgan fingerprint density at radius 2 is 1.84 bits per heavy atom. The Bertz CT molecular complexity index is 651. The minimum Gasteiger partial charge on any atom is -0.475 e. The average Bonchev–Trinajstić information content (AvgIpc) is 2.59. The van der Waals surface area contributed by atoms with Crippen LogP contribution in [0.2, 0.25) is 0 Å². The topological polar surface area (TPSA) is 69.7 Å². The molecule has 0 aliphatic heterocycles. The Morgan fingerprint density at radius 1 is 1.08 bits per heavy atom. The second kappa shape index (κ2) is 9.15. The molecule has 1 heterocycles. The summed E-state index contributed by atoms with van der Waals surface area (Å²) in [6, 6.07) is 12.9. The van der Waals surface area contributed by atoms with Gasteiger partial charge in [-0.25, -0.2) is 10.5 Å². The molecule has 0 fully saturated rings. The van der Waals surface area contributed by atoms with E-state index in [1.54, 1.807) is 12.1 Å². The summed E-state index contributed by atoms with van der Waals surface area (Å²) in [4.78, 5) is 21.3. The van der Waals surface area contributed by atoms with Gasteiger partial charge in [-0.3, -0.25) is 9.63 Å². The van der Waals surface area contributed by atoms with Gasteiger partial charge < -0.3 is 9.47 Å². The van der Waals surface area contributed by atoms with E-state index in [-0.39, 0.29) is 11.5 Å². The molecule has 134 valence electrons. The molecule has 6 heteroatoms. The van der Waals surface area contributed by atoms with E-state index in [1.807, 2.05) is 51.1 Å². The number of carbonyl (C=O) groups is 1. The third-order valence-corrected chi connectivity index (χ3v) is 3.11. The fraction of sp³-hybridized carbons (Fsp3) is 0.368. The number of nitrogens with one attached hydrogen (secondary N) is 1. The van der Waals surface area contributed by atoms with E-state index in [4.69, 9.17) is 14.3 Å². The summed E-state index contributed by atoms with van der Waals surface area (Å²) in [6.45, 7) is 7.13. The van der Waals surface area contributed by atoms with E-state index in [0.29, 0.717) is 31.3 Å². The Labute approximate surface area is 148 Å². The molecule has 25 heavy (non-hydrogen) atoms. The lowest BCUT2D eigenvalue weighted by atomic mass is 10.2. The van der Waals surface area contributed by atoms with Crippen LogP contribution in [0.4, 0.5) is 0 Å². The van der Waals surface area contributed by atoms with Crippen molar-refractivity contribution in [2.75, 3.05) is 13.2 Å². The van der Waals surface area contributed by atoms with Gasteiger partial charge in [0.25, 0.3) is 5.91 Å². The third kappa shape index (κ3) is 7.32. The predicted octanol–water partition coefficient (Wildman–Crippen LogP) is 3.14. The van der Waals surface area contributed by atoms with Crippen LogP contribution >= 0.6 is 0 Å². The highest BCUT2D eigenvalue weighted by Gasteiger charge is 2.10. The summed E-state index contributed by atoms with van der Waals surface area (Å²) in [5, 5.41) is 0.